The molecule has 3 aliphatic heterocycles. The molecule has 0 unspecified atom stereocenters. The van der Waals surface area contributed by atoms with Crippen LogP contribution in [0, 0.1) is 23.6 Å². The molecule has 5 heterocycles. The Morgan fingerprint density at radius 1 is 0.962 bits per heavy atom. The Bertz CT molecular complexity index is 2290. The number of hydrogen-bond acceptors (Lipinski definition) is 7. The molecule has 3 aliphatic rings. The normalized spacial score (nSPS) is 15.7. The Morgan fingerprint density at radius 2 is 1.74 bits per heavy atom. The molecule has 0 saturated carbocycles. The molecule has 9 nitrogen and oxygen atoms in total. The highest BCUT2D eigenvalue weighted by molar-refractivity contribution is 7.17. The van der Waals surface area contributed by atoms with Gasteiger partial charge in [0.15, 0.2) is 0 Å². The van der Waals surface area contributed by atoms with Crippen LogP contribution in [0.15, 0.2) is 85.1 Å². The van der Waals surface area contributed by atoms with E-state index >= 15 is 0 Å². The molecule has 0 radical (unpaired) electrons. The van der Waals surface area contributed by atoms with Crippen LogP contribution in [0.3, 0.4) is 0 Å². The van der Waals surface area contributed by atoms with Crippen molar-refractivity contribution in [3.8, 4) is 22.8 Å². The molecule has 2 fully saturated rings. The van der Waals surface area contributed by atoms with Gasteiger partial charge < -0.3 is 25.2 Å². The van der Waals surface area contributed by atoms with Crippen LogP contribution in [-0.4, -0.2) is 55.6 Å². The lowest BCUT2D eigenvalue weighted by Gasteiger charge is -2.53. The number of terminal acetylenes is 1. The predicted molar refractivity (Wildman–Crippen MR) is 206 cm³/mol. The van der Waals surface area contributed by atoms with Gasteiger partial charge in [-0.15, -0.1) is 17.8 Å². The standard InChI is InChI=1S/C41H33ClFN5O4S/c1-2-25-20-30(37(44-22-25)47-23-41(24-47)15-18-52-19-16-41)38(49)45-28-12-10-26(11-13-28)40(51)48-17-14-27-21-34(53-36(27)29-6-3-4-9-33(29)48)39(50)46-35-31(42)7-5-8-32(35)43/h1,3-13,20-22H,14-19,23-24H2,(H,45,49)(H,46,50). The topological polar surface area (TPSA) is 104 Å². The number of hydrogen-bond donors (Lipinski definition) is 2. The van der Waals surface area contributed by atoms with E-state index in [0.29, 0.717) is 51.7 Å². The minimum Gasteiger partial charge on any atom is -0.381 e. The third-order valence-electron chi connectivity index (χ3n) is 10.1. The van der Waals surface area contributed by atoms with E-state index in [1.54, 1.807) is 47.5 Å². The van der Waals surface area contributed by atoms with Crippen LogP contribution in [0.2, 0.25) is 5.02 Å². The van der Waals surface area contributed by atoms with Crippen LogP contribution in [0.25, 0.3) is 10.4 Å². The number of nitrogens with one attached hydrogen (secondary N) is 2. The summed E-state index contributed by atoms with van der Waals surface area (Å²) in [6, 6.07) is 22.1. The number of amides is 3. The number of rotatable bonds is 6. The molecule has 266 valence electrons. The van der Waals surface area contributed by atoms with Gasteiger partial charge in [0.25, 0.3) is 17.7 Å². The molecular weight excluding hydrogens is 713 g/mol. The number of aromatic nitrogens is 1. The van der Waals surface area contributed by atoms with Crippen molar-refractivity contribution in [2.45, 2.75) is 19.3 Å². The maximum atomic E-state index is 14.4. The quantitative estimate of drug-likeness (QED) is 0.171. The number of carbonyl (C=O) groups is 3. The van der Waals surface area contributed by atoms with Crippen molar-refractivity contribution in [3.63, 3.8) is 0 Å². The van der Waals surface area contributed by atoms with E-state index in [-0.39, 0.29) is 27.9 Å². The summed E-state index contributed by atoms with van der Waals surface area (Å²) in [6.45, 7) is 3.48. The van der Waals surface area contributed by atoms with Gasteiger partial charge in [-0.05, 0) is 79.4 Å². The fraction of sp³-hybridized carbons (Fsp3) is 0.220. The second kappa shape index (κ2) is 14.1. The minimum atomic E-state index is -0.619. The first-order chi connectivity index (χ1) is 25.7. The number of thiophene rings is 1. The van der Waals surface area contributed by atoms with Crippen LogP contribution < -0.4 is 20.4 Å². The second-order valence-corrected chi connectivity index (χ2v) is 14.9. The lowest BCUT2D eigenvalue weighted by atomic mass is 9.73. The smallest absolute Gasteiger partial charge is 0.265 e. The van der Waals surface area contributed by atoms with Crippen molar-refractivity contribution < 1.29 is 23.5 Å². The lowest BCUT2D eigenvalue weighted by Crippen LogP contribution is -2.59. The van der Waals surface area contributed by atoms with Gasteiger partial charge in [-0.2, -0.15) is 0 Å². The monoisotopic (exact) mass is 745 g/mol. The molecule has 3 amide bonds. The van der Waals surface area contributed by atoms with Gasteiger partial charge >= 0.3 is 0 Å². The van der Waals surface area contributed by atoms with Crippen molar-refractivity contribution >= 4 is 63.5 Å². The maximum Gasteiger partial charge on any atom is 0.265 e. The van der Waals surface area contributed by atoms with Crippen molar-refractivity contribution in [2.75, 3.05) is 53.3 Å². The van der Waals surface area contributed by atoms with Gasteiger partial charge in [-0.1, -0.05) is 41.8 Å². The number of fused-ring (bicyclic) bond motifs is 3. The number of benzene rings is 3. The molecule has 2 aromatic heterocycles. The van der Waals surface area contributed by atoms with E-state index in [0.717, 1.165) is 55.1 Å². The Morgan fingerprint density at radius 3 is 2.49 bits per heavy atom. The number of anilines is 4. The summed E-state index contributed by atoms with van der Waals surface area (Å²) < 4.78 is 19.9. The van der Waals surface area contributed by atoms with Gasteiger partial charge in [-0.25, -0.2) is 9.37 Å². The van der Waals surface area contributed by atoms with E-state index < -0.39 is 11.7 Å². The number of halogens is 2. The zero-order valence-electron chi connectivity index (χ0n) is 28.5. The average molecular weight is 746 g/mol. The van der Waals surface area contributed by atoms with E-state index in [4.69, 9.17) is 22.8 Å². The first-order valence-corrected chi connectivity index (χ1v) is 18.4. The fourth-order valence-corrected chi connectivity index (χ4v) is 8.60. The molecule has 1 spiro atoms. The first kappa shape index (κ1) is 34.5. The number of carbonyl (C=O) groups excluding carboxylic acids is 3. The molecule has 2 saturated heterocycles. The van der Waals surface area contributed by atoms with Gasteiger partial charge in [0.05, 0.1) is 26.8 Å². The molecule has 0 bridgehead atoms. The third kappa shape index (κ3) is 6.66. The van der Waals surface area contributed by atoms with Crippen LogP contribution >= 0.6 is 22.9 Å². The number of pyridine rings is 1. The molecule has 3 aromatic carbocycles. The fourth-order valence-electron chi connectivity index (χ4n) is 7.25. The van der Waals surface area contributed by atoms with Gasteiger partial charge in [0, 0.05) is 71.7 Å². The summed E-state index contributed by atoms with van der Waals surface area (Å²) in [6.07, 6.45) is 9.75. The summed E-state index contributed by atoms with van der Waals surface area (Å²) in [5.74, 6) is 1.55. The summed E-state index contributed by atoms with van der Waals surface area (Å²) in [4.78, 5) is 50.6. The molecule has 53 heavy (non-hydrogen) atoms. The number of nitrogens with zero attached hydrogens (tertiary/aromatic N) is 3. The highest BCUT2D eigenvalue weighted by Crippen LogP contribution is 2.44. The third-order valence-corrected chi connectivity index (χ3v) is 11.6. The Labute approximate surface area is 314 Å². The van der Waals surface area contributed by atoms with Gasteiger partial charge in [-0.3, -0.25) is 14.4 Å². The Hall–Kier alpha value is -5.54. The van der Waals surface area contributed by atoms with Crippen molar-refractivity contribution in [1.82, 2.24) is 4.98 Å². The molecule has 5 aromatic rings. The van der Waals surface area contributed by atoms with E-state index in [1.807, 2.05) is 24.3 Å². The SMILES string of the molecule is C#Cc1cnc(N2CC3(CCOCC3)C2)c(C(=O)Nc2ccc(C(=O)N3CCc4cc(C(=O)Nc5c(F)cccc5Cl)sc4-c4ccccc43)cc2)c1. The van der Waals surface area contributed by atoms with Gasteiger partial charge in [0.1, 0.15) is 11.6 Å². The molecular formula is C41H33ClFN5O4S. The van der Waals surface area contributed by atoms with Crippen LogP contribution in [0.1, 0.15) is 54.4 Å². The van der Waals surface area contributed by atoms with Crippen molar-refractivity contribution in [3.05, 3.63) is 123 Å². The first-order valence-electron chi connectivity index (χ1n) is 17.2. The highest BCUT2D eigenvalue weighted by atomic mass is 35.5. The number of ether oxygens (including phenoxy) is 1. The summed E-state index contributed by atoms with van der Waals surface area (Å²) in [7, 11) is 0. The predicted octanol–water partition coefficient (Wildman–Crippen LogP) is 7.91. The van der Waals surface area contributed by atoms with Crippen LogP contribution in [-0.2, 0) is 11.2 Å². The lowest BCUT2D eigenvalue weighted by molar-refractivity contribution is -0.000510. The van der Waals surface area contributed by atoms with Crippen LogP contribution in [0.4, 0.5) is 27.3 Å². The van der Waals surface area contributed by atoms with Crippen molar-refractivity contribution in [2.24, 2.45) is 5.41 Å². The van der Waals surface area contributed by atoms with Gasteiger partial charge in [0.2, 0.25) is 0 Å². The average Bonchev–Trinajstić information content (AvgIpc) is 3.53. The second-order valence-electron chi connectivity index (χ2n) is 13.5. The summed E-state index contributed by atoms with van der Waals surface area (Å²) in [5.41, 5.74) is 4.44. The molecule has 0 atom stereocenters. The van der Waals surface area contributed by atoms with Crippen LogP contribution in [0.5, 0.6) is 0 Å². The highest BCUT2D eigenvalue weighted by Gasteiger charge is 2.45. The summed E-state index contributed by atoms with van der Waals surface area (Å²) >= 11 is 7.42. The Kier molecular flexibility index (Phi) is 9.20. The summed E-state index contributed by atoms with van der Waals surface area (Å²) in [5, 5.41) is 5.67. The molecule has 2 N–H and O–H groups in total. The molecule has 0 aliphatic carbocycles. The maximum absolute atomic E-state index is 14.4. The van der Waals surface area contributed by atoms with E-state index in [9.17, 15) is 18.8 Å². The largest absolute Gasteiger partial charge is 0.381 e. The van der Waals surface area contributed by atoms with E-state index in [1.165, 1.54) is 29.5 Å². The van der Waals surface area contributed by atoms with Crippen molar-refractivity contribution in [1.29, 1.82) is 0 Å². The minimum absolute atomic E-state index is 0.0688. The van der Waals surface area contributed by atoms with E-state index in [2.05, 4.69) is 26.4 Å². The Balaban J connectivity index is 0.983. The molecule has 8 rings (SSSR count). The zero-order valence-corrected chi connectivity index (χ0v) is 30.0. The zero-order chi connectivity index (χ0) is 36.7. The molecule has 12 heteroatoms. The number of para-hydroxylation sites is 2.